The molecule has 1 rings (SSSR count). The van der Waals surface area contributed by atoms with Crippen molar-refractivity contribution in [2.45, 2.75) is 38.1 Å². The SMILES string of the molecule is CCC(Nc1cc(S(N)(=O)=O)cc(C)c1C)C(=O)OC. The van der Waals surface area contributed by atoms with Gasteiger partial charge < -0.3 is 10.1 Å². The quantitative estimate of drug-likeness (QED) is 0.799. The van der Waals surface area contributed by atoms with Crippen molar-refractivity contribution in [2.24, 2.45) is 5.14 Å². The van der Waals surface area contributed by atoms with Crippen LogP contribution in [0.5, 0.6) is 0 Å². The third-order valence-electron chi connectivity index (χ3n) is 3.19. The van der Waals surface area contributed by atoms with E-state index in [1.165, 1.54) is 19.2 Å². The summed E-state index contributed by atoms with van der Waals surface area (Å²) in [6, 6.07) is 2.41. The molecule has 20 heavy (non-hydrogen) atoms. The van der Waals surface area contributed by atoms with E-state index >= 15 is 0 Å². The average molecular weight is 300 g/mol. The van der Waals surface area contributed by atoms with Gasteiger partial charge in [-0.15, -0.1) is 0 Å². The fourth-order valence-corrected chi connectivity index (χ4v) is 2.42. The number of ether oxygens (including phenoxy) is 1. The lowest BCUT2D eigenvalue weighted by molar-refractivity contribution is -0.141. The van der Waals surface area contributed by atoms with Crippen molar-refractivity contribution in [3.8, 4) is 0 Å². The molecule has 0 aliphatic carbocycles. The van der Waals surface area contributed by atoms with Gasteiger partial charge in [0.25, 0.3) is 0 Å². The lowest BCUT2D eigenvalue weighted by atomic mass is 10.1. The van der Waals surface area contributed by atoms with E-state index in [0.29, 0.717) is 12.1 Å². The number of benzene rings is 1. The standard InChI is InChI=1S/C13H20N2O4S/c1-5-11(13(16)19-4)15-12-7-10(20(14,17)18)6-8(2)9(12)3/h6-7,11,15H,5H2,1-4H3,(H2,14,17,18). The number of methoxy groups -OCH3 is 1. The van der Waals surface area contributed by atoms with Crippen LogP contribution in [0.1, 0.15) is 24.5 Å². The van der Waals surface area contributed by atoms with Crippen LogP contribution in [0.3, 0.4) is 0 Å². The Morgan fingerprint density at radius 3 is 2.45 bits per heavy atom. The maximum absolute atomic E-state index is 11.6. The second-order valence-corrected chi connectivity index (χ2v) is 6.15. The summed E-state index contributed by atoms with van der Waals surface area (Å²) in [7, 11) is -2.48. The number of esters is 1. The third kappa shape index (κ3) is 3.71. The molecule has 0 saturated carbocycles. The molecule has 0 fully saturated rings. The molecule has 1 atom stereocenters. The van der Waals surface area contributed by atoms with Crippen molar-refractivity contribution < 1.29 is 17.9 Å². The molecular weight excluding hydrogens is 280 g/mol. The van der Waals surface area contributed by atoms with E-state index in [9.17, 15) is 13.2 Å². The van der Waals surface area contributed by atoms with Gasteiger partial charge in [-0.1, -0.05) is 6.92 Å². The monoisotopic (exact) mass is 300 g/mol. The first-order chi connectivity index (χ1) is 9.20. The van der Waals surface area contributed by atoms with Gasteiger partial charge in [0.2, 0.25) is 10.0 Å². The summed E-state index contributed by atoms with van der Waals surface area (Å²) in [5, 5.41) is 8.15. The summed E-state index contributed by atoms with van der Waals surface area (Å²) in [6.07, 6.45) is 0.519. The van der Waals surface area contributed by atoms with Crippen LogP contribution in [0.15, 0.2) is 17.0 Å². The highest BCUT2D eigenvalue weighted by atomic mass is 32.2. The second-order valence-electron chi connectivity index (χ2n) is 4.59. The van der Waals surface area contributed by atoms with Gasteiger partial charge in [0.05, 0.1) is 12.0 Å². The summed E-state index contributed by atoms with van der Waals surface area (Å²) < 4.78 is 27.6. The zero-order valence-corrected chi connectivity index (χ0v) is 12.9. The van der Waals surface area contributed by atoms with Gasteiger partial charge in [-0.25, -0.2) is 18.4 Å². The van der Waals surface area contributed by atoms with Gasteiger partial charge in [-0.2, -0.15) is 0 Å². The van der Waals surface area contributed by atoms with Crippen molar-refractivity contribution in [3.63, 3.8) is 0 Å². The highest BCUT2D eigenvalue weighted by molar-refractivity contribution is 7.89. The van der Waals surface area contributed by atoms with Crippen molar-refractivity contribution in [1.82, 2.24) is 0 Å². The number of hydrogen-bond acceptors (Lipinski definition) is 5. The van der Waals surface area contributed by atoms with Crippen LogP contribution in [0.4, 0.5) is 5.69 Å². The minimum Gasteiger partial charge on any atom is -0.467 e. The molecule has 112 valence electrons. The van der Waals surface area contributed by atoms with E-state index in [4.69, 9.17) is 9.88 Å². The molecule has 0 aliphatic rings. The number of nitrogens with one attached hydrogen (secondary N) is 1. The molecule has 0 aliphatic heterocycles. The molecule has 1 aromatic carbocycles. The van der Waals surface area contributed by atoms with Gasteiger partial charge in [-0.3, -0.25) is 0 Å². The van der Waals surface area contributed by atoms with Crippen LogP contribution in [-0.2, 0) is 19.6 Å². The fraction of sp³-hybridized carbons (Fsp3) is 0.462. The van der Waals surface area contributed by atoms with Gasteiger partial charge in [0, 0.05) is 5.69 Å². The maximum Gasteiger partial charge on any atom is 0.328 e. The Kier molecular flexibility index (Phi) is 5.13. The molecule has 3 N–H and O–H groups in total. The molecule has 0 amide bonds. The molecule has 0 aromatic heterocycles. The summed E-state index contributed by atoms with van der Waals surface area (Å²) in [5.74, 6) is -0.398. The maximum atomic E-state index is 11.6. The summed E-state index contributed by atoms with van der Waals surface area (Å²) >= 11 is 0. The Morgan fingerprint density at radius 2 is 2.00 bits per heavy atom. The predicted octanol–water partition coefficient (Wildman–Crippen LogP) is 1.31. The number of carbonyl (C=O) groups excluding carboxylic acids is 1. The minimum atomic E-state index is -3.79. The van der Waals surface area contributed by atoms with Crippen LogP contribution in [0, 0.1) is 13.8 Å². The first kappa shape index (κ1) is 16.5. The fourth-order valence-electron chi connectivity index (χ4n) is 1.80. The van der Waals surface area contributed by atoms with Crippen molar-refractivity contribution in [3.05, 3.63) is 23.3 Å². The Hall–Kier alpha value is -1.60. The van der Waals surface area contributed by atoms with Crippen LogP contribution in [0.2, 0.25) is 0 Å². The molecule has 1 unspecified atom stereocenters. The highest BCUT2D eigenvalue weighted by Crippen LogP contribution is 2.24. The molecule has 0 bridgehead atoms. The van der Waals surface area contributed by atoms with Gasteiger partial charge in [-0.05, 0) is 43.5 Å². The number of anilines is 1. The van der Waals surface area contributed by atoms with Crippen LogP contribution < -0.4 is 10.5 Å². The number of carbonyl (C=O) groups is 1. The Balaban J connectivity index is 3.24. The topological polar surface area (TPSA) is 98.5 Å². The van der Waals surface area contributed by atoms with E-state index < -0.39 is 22.0 Å². The second kappa shape index (κ2) is 6.23. The van der Waals surface area contributed by atoms with E-state index in [0.717, 1.165) is 11.1 Å². The van der Waals surface area contributed by atoms with Crippen LogP contribution in [0.25, 0.3) is 0 Å². The Labute approximate surface area is 119 Å². The minimum absolute atomic E-state index is 0.0165. The number of primary sulfonamides is 1. The number of hydrogen-bond donors (Lipinski definition) is 2. The number of sulfonamides is 1. The third-order valence-corrected chi connectivity index (χ3v) is 4.09. The smallest absolute Gasteiger partial charge is 0.328 e. The van der Waals surface area contributed by atoms with E-state index in [1.807, 2.05) is 13.8 Å². The van der Waals surface area contributed by atoms with Crippen molar-refractivity contribution >= 4 is 21.7 Å². The van der Waals surface area contributed by atoms with Gasteiger partial charge >= 0.3 is 5.97 Å². The molecule has 1 aromatic rings. The lowest BCUT2D eigenvalue weighted by Gasteiger charge is -2.19. The molecular formula is C13H20N2O4S. The van der Waals surface area contributed by atoms with E-state index in [1.54, 1.807) is 6.92 Å². The van der Waals surface area contributed by atoms with Crippen molar-refractivity contribution in [2.75, 3.05) is 12.4 Å². The summed E-state index contributed by atoms with van der Waals surface area (Å²) in [4.78, 5) is 11.6. The molecule has 7 heteroatoms. The number of aryl methyl sites for hydroxylation is 1. The number of rotatable bonds is 5. The van der Waals surface area contributed by atoms with Crippen LogP contribution >= 0.6 is 0 Å². The van der Waals surface area contributed by atoms with Gasteiger partial charge in [0.1, 0.15) is 6.04 Å². The predicted molar refractivity (Wildman–Crippen MR) is 77.0 cm³/mol. The normalized spacial score (nSPS) is 12.8. The summed E-state index contributed by atoms with van der Waals surface area (Å²) in [5.41, 5.74) is 2.20. The lowest BCUT2D eigenvalue weighted by Crippen LogP contribution is -2.30. The zero-order valence-electron chi connectivity index (χ0n) is 12.1. The number of nitrogens with two attached hydrogens (primary N) is 1. The first-order valence-corrected chi connectivity index (χ1v) is 7.73. The molecule has 0 saturated heterocycles. The van der Waals surface area contributed by atoms with Crippen LogP contribution in [-0.4, -0.2) is 27.5 Å². The Morgan fingerprint density at radius 1 is 1.40 bits per heavy atom. The summed E-state index contributed by atoms with van der Waals surface area (Å²) in [6.45, 7) is 5.46. The molecule has 0 radical (unpaired) electrons. The molecule has 0 spiro atoms. The first-order valence-electron chi connectivity index (χ1n) is 6.19. The largest absolute Gasteiger partial charge is 0.467 e. The van der Waals surface area contributed by atoms with Crippen molar-refractivity contribution in [1.29, 1.82) is 0 Å². The highest BCUT2D eigenvalue weighted by Gasteiger charge is 2.19. The van der Waals surface area contributed by atoms with E-state index in [2.05, 4.69) is 5.32 Å². The Bertz CT molecular complexity index is 611. The average Bonchev–Trinajstić information content (AvgIpc) is 2.38. The van der Waals surface area contributed by atoms with E-state index in [-0.39, 0.29) is 4.90 Å². The van der Waals surface area contributed by atoms with Gasteiger partial charge in [0.15, 0.2) is 0 Å². The zero-order chi connectivity index (χ0) is 15.5. The molecule has 0 heterocycles. The molecule has 6 nitrogen and oxygen atoms in total.